The van der Waals surface area contributed by atoms with E-state index in [9.17, 15) is 9.90 Å². The summed E-state index contributed by atoms with van der Waals surface area (Å²) in [6.07, 6.45) is 0. The van der Waals surface area contributed by atoms with Crippen LogP contribution in [0.1, 0.15) is 10.4 Å². The molecule has 0 radical (unpaired) electrons. The number of rotatable bonds is 3. The third-order valence-electron chi connectivity index (χ3n) is 2.61. The molecule has 2 aromatic rings. The van der Waals surface area contributed by atoms with E-state index in [4.69, 9.17) is 27.9 Å². The molecule has 2 rings (SSSR count). The lowest BCUT2D eigenvalue weighted by atomic mass is 10.2. The Morgan fingerprint density at radius 1 is 1.20 bits per heavy atom. The van der Waals surface area contributed by atoms with Gasteiger partial charge in [0.2, 0.25) is 0 Å². The first-order chi connectivity index (χ1) is 9.51. The van der Waals surface area contributed by atoms with Crippen LogP contribution in [0.4, 0.5) is 5.69 Å². The number of methoxy groups -OCH3 is 1. The van der Waals surface area contributed by atoms with Crippen LogP contribution in [-0.2, 0) is 0 Å². The third kappa shape index (κ3) is 3.15. The van der Waals surface area contributed by atoms with Gasteiger partial charge in [0.05, 0.1) is 23.4 Å². The SMILES string of the molecule is COc1cc(Cl)ccc1C(=O)Nc1ccc(O)cc1Cl. The number of hydrogen-bond acceptors (Lipinski definition) is 3. The fraction of sp³-hybridized carbons (Fsp3) is 0.0714. The molecule has 0 bridgehead atoms. The summed E-state index contributed by atoms with van der Waals surface area (Å²) in [5.74, 6) is 0.00748. The van der Waals surface area contributed by atoms with Gasteiger partial charge in [-0.3, -0.25) is 4.79 Å². The summed E-state index contributed by atoms with van der Waals surface area (Å²) in [6.45, 7) is 0. The Morgan fingerprint density at radius 3 is 2.60 bits per heavy atom. The molecule has 0 saturated heterocycles. The molecule has 0 heterocycles. The first kappa shape index (κ1) is 14.5. The minimum absolute atomic E-state index is 0.0251. The first-order valence-corrected chi connectivity index (χ1v) is 6.40. The predicted octanol–water partition coefficient (Wildman–Crippen LogP) is 3.96. The number of phenolic OH excluding ortho intramolecular Hbond substituents is 1. The van der Waals surface area contributed by atoms with Gasteiger partial charge in [0.25, 0.3) is 5.91 Å². The van der Waals surface area contributed by atoms with Crippen LogP contribution in [0.15, 0.2) is 36.4 Å². The smallest absolute Gasteiger partial charge is 0.259 e. The Bertz CT molecular complexity index is 659. The molecule has 0 fully saturated rings. The summed E-state index contributed by atoms with van der Waals surface area (Å²) < 4.78 is 5.12. The minimum Gasteiger partial charge on any atom is -0.508 e. The van der Waals surface area contributed by atoms with E-state index >= 15 is 0 Å². The molecule has 6 heteroatoms. The second-order valence-corrected chi connectivity index (χ2v) is 4.81. The molecular weight excluding hydrogens is 301 g/mol. The van der Waals surface area contributed by atoms with E-state index in [1.165, 1.54) is 25.3 Å². The molecule has 0 unspecified atom stereocenters. The molecule has 104 valence electrons. The van der Waals surface area contributed by atoms with Crippen LogP contribution in [0, 0.1) is 0 Å². The Kier molecular flexibility index (Phi) is 4.37. The number of amides is 1. The molecule has 2 N–H and O–H groups in total. The lowest BCUT2D eigenvalue weighted by molar-refractivity contribution is 0.102. The number of nitrogens with one attached hydrogen (secondary N) is 1. The van der Waals surface area contributed by atoms with Crippen LogP contribution in [-0.4, -0.2) is 18.1 Å². The first-order valence-electron chi connectivity index (χ1n) is 5.64. The van der Waals surface area contributed by atoms with E-state index in [1.54, 1.807) is 18.2 Å². The normalized spacial score (nSPS) is 10.2. The highest BCUT2D eigenvalue weighted by Crippen LogP contribution is 2.28. The number of hydrogen-bond donors (Lipinski definition) is 2. The van der Waals surface area contributed by atoms with Gasteiger partial charge in [-0.2, -0.15) is 0 Å². The second-order valence-electron chi connectivity index (χ2n) is 3.96. The van der Waals surface area contributed by atoms with Crippen LogP contribution in [0.5, 0.6) is 11.5 Å². The van der Waals surface area contributed by atoms with Crippen LogP contribution in [0.2, 0.25) is 10.0 Å². The second kappa shape index (κ2) is 6.03. The maximum atomic E-state index is 12.2. The van der Waals surface area contributed by atoms with E-state index in [2.05, 4.69) is 5.32 Å². The molecule has 20 heavy (non-hydrogen) atoms. The number of benzene rings is 2. The Balaban J connectivity index is 2.28. The molecule has 0 aromatic heterocycles. The average molecular weight is 312 g/mol. The molecule has 0 aliphatic carbocycles. The monoisotopic (exact) mass is 311 g/mol. The van der Waals surface area contributed by atoms with Crippen molar-refractivity contribution in [1.82, 2.24) is 0 Å². The summed E-state index contributed by atoms with van der Waals surface area (Å²) in [4.78, 5) is 12.2. The van der Waals surface area contributed by atoms with Crippen molar-refractivity contribution in [3.05, 3.63) is 52.0 Å². The summed E-state index contributed by atoms with van der Waals surface area (Å²) in [6, 6.07) is 8.99. The Hall–Kier alpha value is -1.91. The van der Waals surface area contributed by atoms with E-state index in [1.807, 2.05) is 0 Å². The number of halogens is 2. The van der Waals surface area contributed by atoms with Crippen LogP contribution in [0.25, 0.3) is 0 Å². The molecule has 1 amide bonds. The standard InChI is InChI=1S/C14H11Cl2NO3/c1-20-13-6-8(15)2-4-10(13)14(19)17-12-5-3-9(18)7-11(12)16/h2-7,18H,1H3,(H,17,19). The number of anilines is 1. The topological polar surface area (TPSA) is 58.6 Å². The van der Waals surface area contributed by atoms with Gasteiger partial charge in [0, 0.05) is 11.1 Å². The third-order valence-corrected chi connectivity index (χ3v) is 3.16. The van der Waals surface area contributed by atoms with Crippen molar-refractivity contribution in [3.8, 4) is 11.5 Å². The highest BCUT2D eigenvalue weighted by atomic mass is 35.5. The zero-order valence-corrected chi connectivity index (χ0v) is 12.0. The maximum Gasteiger partial charge on any atom is 0.259 e. The minimum atomic E-state index is -0.383. The number of carbonyl (C=O) groups is 1. The number of carbonyl (C=O) groups excluding carboxylic acids is 1. The summed E-state index contributed by atoms with van der Waals surface area (Å²) >= 11 is 11.8. The maximum absolute atomic E-state index is 12.2. The van der Waals surface area contributed by atoms with E-state index < -0.39 is 0 Å². The molecule has 2 aromatic carbocycles. The average Bonchev–Trinajstić information content (AvgIpc) is 2.41. The van der Waals surface area contributed by atoms with Gasteiger partial charge in [-0.1, -0.05) is 23.2 Å². The number of ether oxygens (including phenoxy) is 1. The molecule has 0 aliphatic heterocycles. The number of phenols is 1. The van der Waals surface area contributed by atoms with E-state index in [0.717, 1.165) is 0 Å². The molecule has 0 spiro atoms. The Labute approximate surface area is 125 Å². The lowest BCUT2D eigenvalue weighted by Crippen LogP contribution is -2.13. The molecule has 0 aliphatic rings. The van der Waals surface area contributed by atoms with Gasteiger partial charge in [-0.05, 0) is 30.3 Å². The van der Waals surface area contributed by atoms with Gasteiger partial charge < -0.3 is 15.2 Å². The largest absolute Gasteiger partial charge is 0.508 e. The van der Waals surface area contributed by atoms with Gasteiger partial charge in [0.15, 0.2) is 0 Å². The van der Waals surface area contributed by atoms with E-state index in [0.29, 0.717) is 22.0 Å². The van der Waals surface area contributed by atoms with Crippen LogP contribution in [0.3, 0.4) is 0 Å². The van der Waals surface area contributed by atoms with Crippen LogP contribution < -0.4 is 10.1 Å². The van der Waals surface area contributed by atoms with Gasteiger partial charge in [0.1, 0.15) is 11.5 Å². The van der Waals surface area contributed by atoms with Gasteiger partial charge >= 0.3 is 0 Å². The summed E-state index contributed by atoms with van der Waals surface area (Å²) in [5.41, 5.74) is 0.729. The van der Waals surface area contributed by atoms with Crippen molar-refractivity contribution in [2.75, 3.05) is 12.4 Å². The Morgan fingerprint density at radius 2 is 1.95 bits per heavy atom. The highest BCUT2D eigenvalue weighted by molar-refractivity contribution is 6.34. The quantitative estimate of drug-likeness (QED) is 0.843. The van der Waals surface area contributed by atoms with Crippen molar-refractivity contribution in [2.45, 2.75) is 0 Å². The summed E-state index contributed by atoms with van der Waals surface area (Å²) in [7, 11) is 1.45. The zero-order chi connectivity index (χ0) is 14.7. The molecular formula is C14H11Cl2NO3. The zero-order valence-electron chi connectivity index (χ0n) is 10.5. The van der Waals surface area contributed by atoms with Gasteiger partial charge in [-0.15, -0.1) is 0 Å². The molecule has 4 nitrogen and oxygen atoms in total. The summed E-state index contributed by atoms with van der Waals surface area (Å²) in [5, 5.41) is 12.6. The van der Waals surface area contributed by atoms with Crippen molar-refractivity contribution >= 4 is 34.8 Å². The van der Waals surface area contributed by atoms with Crippen molar-refractivity contribution in [1.29, 1.82) is 0 Å². The van der Waals surface area contributed by atoms with Gasteiger partial charge in [-0.25, -0.2) is 0 Å². The van der Waals surface area contributed by atoms with Crippen LogP contribution >= 0.6 is 23.2 Å². The lowest BCUT2D eigenvalue weighted by Gasteiger charge is -2.10. The number of aromatic hydroxyl groups is 1. The highest BCUT2D eigenvalue weighted by Gasteiger charge is 2.14. The fourth-order valence-electron chi connectivity index (χ4n) is 1.65. The molecule has 0 saturated carbocycles. The molecule has 0 atom stereocenters. The van der Waals surface area contributed by atoms with Crippen molar-refractivity contribution in [2.24, 2.45) is 0 Å². The van der Waals surface area contributed by atoms with Crippen molar-refractivity contribution in [3.63, 3.8) is 0 Å². The predicted molar refractivity (Wildman–Crippen MR) is 79.1 cm³/mol. The fourth-order valence-corrected chi connectivity index (χ4v) is 2.03. The van der Waals surface area contributed by atoms with E-state index in [-0.39, 0.29) is 16.7 Å². The van der Waals surface area contributed by atoms with Crippen molar-refractivity contribution < 1.29 is 14.6 Å².